The topological polar surface area (TPSA) is 6.48 Å². The van der Waals surface area contributed by atoms with Crippen molar-refractivity contribution in [3.63, 3.8) is 0 Å². The van der Waals surface area contributed by atoms with E-state index in [2.05, 4.69) is 301 Å². The summed E-state index contributed by atoms with van der Waals surface area (Å²) >= 11 is 0. The van der Waals surface area contributed by atoms with Crippen LogP contribution in [0.3, 0.4) is 0 Å². The van der Waals surface area contributed by atoms with Crippen molar-refractivity contribution in [2.24, 2.45) is 0 Å². The zero-order chi connectivity index (χ0) is 49.0. The first kappa shape index (κ1) is 43.1. The summed E-state index contributed by atoms with van der Waals surface area (Å²) in [6, 6.07) is 106. The van der Waals surface area contributed by atoms with Gasteiger partial charge in [0.25, 0.3) is 0 Å². The summed E-state index contributed by atoms with van der Waals surface area (Å²) in [6.45, 7) is 0. The van der Waals surface area contributed by atoms with E-state index in [0.29, 0.717) is 0 Å². The SMILES string of the molecule is c1ccc(N(c2ccccc2)c2c3ccccc3c(-c3ccc(-c4ccc(-c5c6ccccc6c(N(c6ccccc6)c6ccccc6)c6ccccc56)c5ccccc45)c4ccccc34)c3ccccc23)cc1. The van der Waals surface area contributed by atoms with Gasteiger partial charge in [-0.15, -0.1) is 0 Å². The Kier molecular flexibility index (Phi) is 10.6. The third kappa shape index (κ3) is 7.03. The number of para-hydroxylation sites is 4. The van der Waals surface area contributed by atoms with Crippen molar-refractivity contribution in [2.75, 3.05) is 9.80 Å². The van der Waals surface area contributed by atoms with Crippen LogP contribution < -0.4 is 9.80 Å². The predicted molar refractivity (Wildman–Crippen MR) is 317 cm³/mol. The highest BCUT2D eigenvalue weighted by Gasteiger charge is 2.26. The van der Waals surface area contributed by atoms with E-state index < -0.39 is 0 Å². The van der Waals surface area contributed by atoms with E-state index in [4.69, 9.17) is 0 Å². The van der Waals surface area contributed by atoms with Gasteiger partial charge in [0.05, 0.1) is 11.4 Å². The van der Waals surface area contributed by atoms with Gasteiger partial charge >= 0.3 is 0 Å². The van der Waals surface area contributed by atoms with E-state index in [1.54, 1.807) is 0 Å². The Balaban J connectivity index is 0.976. The lowest BCUT2D eigenvalue weighted by atomic mass is 9.84. The molecule has 0 aliphatic carbocycles. The lowest BCUT2D eigenvalue weighted by molar-refractivity contribution is 1.31. The normalized spacial score (nSPS) is 11.5. The highest BCUT2D eigenvalue weighted by Crippen LogP contribution is 2.52. The Labute approximate surface area is 430 Å². The molecule has 0 saturated heterocycles. The second kappa shape index (κ2) is 18.1. The lowest BCUT2D eigenvalue weighted by Gasteiger charge is -2.29. The van der Waals surface area contributed by atoms with Gasteiger partial charge in [-0.3, -0.25) is 0 Å². The summed E-state index contributed by atoms with van der Waals surface area (Å²) in [5, 5.41) is 14.5. The van der Waals surface area contributed by atoms with Gasteiger partial charge in [0.1, 0.15) is 0 Å². The van der Waals surface area contributed by atoms with Crippen LogP contribution in [0.1, 0.15) is 0 Å². The van der Waals surface area contributed by atoms with Crippen LogP contribution in [0.4, 0.5) is 34.1 Å². The van der Waals surface area contributed by atoms with Gasteiger partial charge in [0.15, 0.2) is 0 Å². The van der Waals surface area contributed by atoms with E-state index in [9.17, 15) is 0 Å². The minimum Gasteiger partial charge on any atom is -0.309 e. The van der Waals surface area contributed by atoms with E-state index in [1.165, 1.54) is 109 Å². The number of hydrogen-bond donors (Lipinski definition) is 0. The van der Waals surface area contributed by atoms with Crippen LogP contribution in [0.5, 0.6) is 0 Å². The molecule has 14 rings (SSSR count). The first-order valence-corrected chi connectivity index (χ1v) is 25.5. The third-order valence-corrected chi connectivity index (χ3v) is 15.0. The Morgan fingerprint density at radius 1 is 0.149 bits per heavy atom. The summed E-state index contributed by atoms with van der Waals surface area (Å²) in [5.41, 5.74) is 14.1. The quantitative estimate of drug-likeness (QED) is 0.133. The number of benzene rings is 14. The van der Waals surface area contributed by atoms with Gasteiger partial charge in [0, 0.05) is 44.3 Å². The van der Waals surface area contributed by atoms with Gasteiger partial charge in [-0.2, -0.15) is 0 Å². The standard InChI is InChI=1S/C72H48N2/c1-5-25-49(26-6-1)73(50-27-7-2-8-28-50)71-65-41-21-17-37-59(65)69(60-38-18-22-42-66(60)71)63-47-45-57(53-33-13-15-35-55(53)63)58-46-48-64(56-36-16-14-34-54(56)58)70-61-39-19-23-43-67(61)72(68-44-24-20-40-62(68)70)74(51-29-9-3-10-30-51)52-31-11-4-12-32-52/h1-48H. The monoisotopic (exact) mass is 940 g/mol. The predicted octanol–water partition coefficient (Wildman–Crippen LogP) is 20.5. The minimum absolute atomic E-state index is 1.12. The zero-order valence-electron chi connectivity index (χ0n) is 40.6. The fraction of sp³-hybridized carbons (Fsp3) is 0. The van der Waals surface area contributed by atoms with Crippen LogP contribution in [-0.4, -0.2) is 0 Å². The zero-order valence-corrected chi connectivity index (χ0v) is 40.6. The molecule has 0 aromatic heterocycles. The van der Waals surface area contributed by atoms with Crippen LogP contribution >= 0.6 is 0 Å². The fourth-order valence-electron chi connectivity index (χ4n) is 11.9. The van der Waals surface area contributed by atoms with Gasteiger partial charge in [-0.1, -0.05) is 243 Å². The average Bonchev–Trinajstić information content (AvgIpc) is 3.48. The van der Waals surface area contributed by atoms with Crippen molar-refractivity contribution in [1.82, 2.24) is 0 Å². The van der Waals surface area contributed by atoms with Crippen molar-refractivity contribution < 1.29 is 0 Å². The molecule has 14 aromatic carbocycles. The number of anilines is 6. The molecule has 14 aromatic rings. The molecule has 0 aliphatic heterocycles. The second-order valence-electron chi connectivity index (χ2n) is 19.1. The molecule has 0 N–H and O–H groups in total. The lowest BCUT2D eigenvalue weighted by Crippen LogP contribution is -2.11. The van der Waals surface area contributed by atoms with Gasteiger partial charge in [0.2, 0.25) is 0 Å². The molecule has 0 aliphatic rings. The molecule has 0 amide bonds. The van der Waals surface area contributed by atoms with Crippen LogP contribution in [0.25, 0.3) is 98.0 Å². The van der Waals surface area contributed by atoms with E-state index in [1.807, 2.05) is 0 Å². The molecule has 346 valence electrons. The Hall–Kier alpha value is -9.76. The van der Waals surface area contributed by atoms with Crippen molar-refractivity contribution in [3.8, 4) is 33.4 Å². The summed E-state index contributed by atoms with van der Waals surface area (Å²) < 4.78 is 0. The molecule has 2 nitrogen and oxygen atoms in total. The summed E-state index contributed by atoms with van der Waals surface area (Å²) in [5.74, 6) is 0. The maximum Gasteiger partial charge on any atom is 0.0618 e. The number of fused-ring (bicyclic) bond motifs is 6. The first-order chi connectivity index (χ1) is 36.8. The number of nitrogens with zero attached hydrogens (tertiary/aromatic N) is 2. The van der Waals surface area contributed by atoms with E-state index >= 15 is 0 Å². The molecule has 0 fully saturated rings. The number of hydrogen-bond acceptors (Lipinski definition) is 2. The molecule has 0 radical (unpaired) electrons. The molecular weight excluding hydrogens is 893 g/mol. The largest absolute Gasteiger partial charge is 0.309 e. The second-order valence-corrected chi connectivity index (χ2v) is 19.1. The Morgan fingerprint density at radius 3 is 0.595 bits per heavy atom. The smallest absolute Gasteiger partial charge is 0.0618 e. The van der Waals surface area contributed by atoms with E-state index in [0.717, 1.165) is 22.7 Å². The fourth-order valence-corrected chi connectivity index (χ4v) is 11.9. The molecule has 0 spiro atoms. The highest BCUT2D eigenvalue weighted by molar-refractivity contribution is 6.27. The van der Waals surface area contributed by atoms with Gasteiger partial charge in [-0.25, -0.2) is 0 Å². The van der Waals surface area contributed by atoms with Crippen LogP contribution in [0, 0.1) is 0 Å². The van der Waals surface area contributed by atoms with Crippen molar-refractivity contribution in [2.45, 2.75) is 0 Å². The number of rotatable bonds is 9. The van der Waals surface area contributed by atoms with Gasteiger partial charge in [-0.05, 0) is 125 Å². The van der Waals surface area contributed by atoms with Gasteiger partial charge < -0.3 is 9.80 Å². The van der Waals surface area contributed by atoms with E-state index in [-0.39, 0.29) is 0 Å². The molecule has 0 saturated carbocycles. The third-order valence-electron chi connectivity index (χ3n) is 15.0. The first-order valence-electron chi connectivity index (χ1n) is 25.5. The average molecular weight is 941 g/mol. The molecule has 0 heterocycles. The Morgan fingerprint density at radius 2 is 0.338 bits per heavy atom. The van der Waals surface area contributed by atoms with Crippen molar-refractivity contribution >= 4 is 98.8 Å². The molecular formula is C72H48N2. The maximum absolute atomic E-state index is 2.43. The molecule has 74 heavy (non-hydrogen) atoms. The molecule has 0 bridgehead atoms. The van der Waals surface area contributed by atoms with Crippen molar-refractivity contribution in [1.29, 1.82) is 0 Å². The summed E-state index contributed by atoms with van der Waals surface area (Å²) in [7, 11) is 0. The van der Waals surface area contributed by atoms with Crippen LogP contribution in [0.2, 0.25) is 0 Å². The van der Waals surface area contributed by atoms with Crippen LogP contribution in [-0.2, 0) is 0 Å². The Bertz CT molecular complexity index is 3940. The molecule has 0 unspecified atom stereocenters. The van der Waals surface area contributed by atoms with Crippen molar-refractivity contribution in [3.05, 3.63) is 291 Å². The maximum atomic E-state index is 2.43. The highest BCUT2D eigenvalue weighted by atomic mass is 15.2. The molecule has 0 atom stereocenters. The minimum atomic E-state index is 1.12. The molecule has 2 heteroatoms. The summed E-state index contributed by atoms with van der Waals surface area (Å²) in [6.07, 6.45) is 0. The summed E-state index contributed by atoms with van der Waals surface area (Å²) in [4.78, 5) is 4.85. The van der Waals surface area contributed by atoms with Crippen LogP contribution in [0.15, 0.2) is 291 Å².